The Morgan fingerprint density at radius 3 is 1.56 bits per heavy atom. The second-order valence-electron chi connectivity index (χ2n) is 13.7. The van der Waals surface area contributed by atoms with Crippen molar-refractivity contribution in [2.45, 2.75) is 0 Å². The first-order valence-corrected chi connectivity index (χ1v) is 18.3. The lowest BCUT2D eigenvalue weighted by Crippen LogP contribution is -2.11. The molecule has 0 spiro atoms. The van der Waals surface area contributed by atoms with Gasteiger partial charge >= 0.3 is 0 Å². The number of hydrogen-bond donors (Lipinski definition) is 0. The SMILES string of the molecule is c1ccc(N(c2ccccc2)c2ccc3oc4c(N(c5ccc6oc7ccccc7c6c5)c5cc6ccccc6c6ccccc56)cccc4c3c2)cc1. The van der Waals surface area contributed by atoms with Crippen LogP contribution in [0.5, 0.6) is 0 Å². The molecule has 2 aromatic heterocycles. The zero-order valence-corrected chi connectivity index (χ0v) is 29.2. The van der Waals surface area contributed by atoms with Gasteiger partial charge < -0.3 is 18.6 Å². The van der Waals surface area contributed by atoms with E-state index in [9.17, 15) is 0 Å². The molecule has 4 nitrogen and oxygen atoms in total. The third kappa shape index (κ3) is 4.78. The molecular formula is C50H32N2O2. The van der Waals surface area contributed by atoms with Gasteiger partial charge in [-0.3, -0.25) is 0 Å². The minimum Gasteiger partial charge on any atom is -0.456 e. The van der Waals surface area contributed by atoms with Gasteiger partial charge in [-0.1, -0.05) is 115 Å². The van der Waals surface area contributed by atoms with Crippen LogP contribution < -0.4 is 9.80 Å². The molecule has 0 atom stereocenters. The summed E-state index contributed by atoms with van der Waals surface area (Å²) in [5.74, 6) is 0. The Morgan fingerprint density at radius 1 is 0.278 bits per heavy atom. The van der Waals surface area contributed by atoms with Gasteiger partial charge in [0.05, 0.1) is 11.4 Å². The molecule has 4 heteroatoms. The molecule has 0 saturated carbocycles. The first-order chi connectivity index (χ1) is 26.8. The number of fused-ring (bicyclic) bond motifs is 9. The molecule has 0 fully saturated rings. The fourth-order valence-electron chi connectivity index (χ4n) is 8.17. The molecule has 0 aliphatic heterocycles. The maximum atomic E-state index is 6.92. The van der Waals surface area contributed by atoms with Crippen LogP contribution in [0.1, 0.15) is 0 Å². The number of rotatable bonds is 6. The van der Waals surface area contributed by atoms with Crippen LogP contribution >= 0.6 is 0 Å². The average Bonchev–Trinajstić information content (AvgIpc) is 3.80. The highest BCUT2D eigenvalue weighted by Gasteiger charge is 2.24. The highest BCUT2D eigenvalue weighted by Crippen LogP contribution is 2.47. The van der Waals surface area contributed by atoms with Crippen LogP contribution in [0.15, 0.2) is 203 Å². The summed E-state index contributed by atoms with van der Waals surface area (Å²) in [6, 6.07) is 68.4. The average molecular weight is 693 g/mol. The highest BCUT2D eigenvalue weighted by atomic mass is 16.3. The molecule has 0 unspecified atom stereocenters. The van der Waals surface area contributed by atoms with Crippen molar-refractivity contribution in [3.8, 4) is 0 Å². The van der Waals surface area contributed by atoms with Crippen molar-refractivity contribution in [3.63, 3.8) is 0 Å². The summed E-state index contributed by atoms with van der Waals surface area (Å²) in [6.45, 7) is 0. The number of nitrogens with zero attached hydrogens (tertiary/aromatic N) is 2. The fraction of sp³-hybridized carbons (Fsp3) is 0. The van der Waals surface area contributed by atoms with Gasteiger partial charge in [-0.05, 0) is 95.0 Å². The third-order valence-corrected chi connectivity index (χ3v) is 10.6. The van der Waals surface area contributed by atoms with Gasteiger partial charge in [0.25, 0.3) is 0 Å². The van der Waals surface area contributed by atoms with Gasteiger partial charge in [0.1, 0.15) is 16.7 Å². The van der Waals surface area contributed by atoms with E-state index in [0.29, 0.717) is 0 Å². The summed E-state index contributed by atoms with van der Waals surface area (Å²) in [6.07, 6.45) is 0. The van der Waals surface area contributed by atoms with Crippen molar-refractivity contribution >= 4 is 99.5 Å². The van der Waals surface area contributed by atoms with Gasteiger partial charge in [-0.2, -0.15) is 0 Å². The van der Waals surface area contributed by atoms with Crippen LogP contribution in [0.3, 0.4) is 0 Å². The number of para-hydroxylation sites is 4. The van der Waals surface area contributed by atoms with E-state index in [1.807, 2.05) is 12.1 Å². The zero-order valence-electron chi connectivity index (χ0n) is 29.2. The van der Waals surface area contributed by atoms with Gasteiger partial charge in [0.2, 0.25) is 0 Å². The van der Waals surface area contributed by atoms with E-state index in [1.54, 1.807) is 0 Å². The molecule has 11 rings (SSSR count). The first kappa shape index (κ1) is 30.3. The predicted molar refractivity (Wildman–Crippen MR) is 225 cm³/mol. The van der Waals surface area contributed by atoms with Crippen molar-refractivity contribution in [1.29, 1.82) is 0 Å². The normalized spacial score (nSPS) is 11.7. The molecule has 254 valence electrons. The minimum atomic E-state index is 0.824. The summed E-state index contributed by atoms with van der Waals surface area (Å²) in [5.41, 5.74) is 9.69. The summed E-state index contributed by atoms with van der Waals surface area (Å²) in [7, 11) is 0. The van der Waals surface area contributed by atoms with E-state index in [2.05, 4.69) is 192 Å². The molecule has 0 saturated heterocycles. The molecule has 0 radical (unpaired) electrons. The van der Waals surface area contributed by atoms with Crippen molar-refractivity contribution in [2.24, 2.45) is 0 Å². The fourth-order valence-corrected chi connectivity index (χ4v) is 8.17. The molecule has 0 aliphatic rings. The number of furan rings is 2. The van der Waals surface area contributed by atoms with E-state index in [4.69, 9.17) is 8.83 Å². The smallest absolute Gasteiger partial charge is 0.159 e. The van der Waals surface area contributed by atoms with Crippen LogP contribution in [0.2, 0.25) is 0 Å². The molecule has 11 aromatic rings. The molecule has 54 heavy (non-hydrogen) atoms. The maximum Gasteiger partial charge on any atom is 0.159 e. The molecule has 0 aliphatic carbocycles. The van der Waals surface area contributed by atoms with Gasteiger partial charge in [0.15, 0.2) is 5.58 Å². The highest BCUT2D eigenvalue weighted by molar-refractivity contribution is 6.17. The van der Waals surface area contributed by atoms with Gasteiger partial charge in [-0.25, -0.2) is 0 Å². The largest absolute Gasteiger partial charge is 0.456 e. The van der Waals surface area contributed by atoms with Crippen LogP contribution in [0.4, 0.5) is 34.1 Å². The lowest BCUT2D eigenvalue weighted by Gasteiger charge is -2.27. The van der Waals surface area contributed by atoms with Crippen LogP contribution in [-0.2, 0) is 0 Å². The Labute approximate surface area is 311 Å². The van der Waals surface area contributed by atoms with Crippen LogP contribution in [0, 0.1) is 0 Å². The van der Waals surface area contributed by atoms with Crippen LogP contribution in [-0.4, -0.2) is 0 Å². The Hall–Kier alpha value is -7.30. The molecule has 0 amide bonds. The number of hydrogen-bond acceptors (Lipinski definition) is 4. The zero-order chi connectivity index (χ0) is 35.6. The van der Waals surface area contributed by atoms with Gasteiger partial charge in [-0.15, -0.1) is 0 Å². The predicted octanol–water partition coefficient (Wildman–Crippen LogP) is 14.7. The number of anilines is 6. The van der Waals surface area contributed by atoms with Crippen molar-refractivity contribution < 1.29 is 8.83 Å². The second kappa shape index (κ2) is 12.1. The second-order valence-corrected chi connectivity index (χ2v) is 13.7. The minimum absolute atomic E-state index is 0.824. The summed E-state index contributed by atoms with van der Waals surface area (Å²) >= 11 is 0. The molecule has 0 bridgehead atoms. The third-order valence-electron chi connectivity index (χ3n) is 10.6. The molecule has 2 heterocycles. The number of benzene rings is 9. The van der Waals surface area contributed by atoms with Crippen molar-refractivity contribution in [3.05, 3.63) is 194 Å². The van der Waals surface area contributed by atoms with Crippen molar-refractivity contribution in [2.75, 3.05) is 9.80 Å². The summed E-state index contributed by atoms with van der Waals surface area (Å²) in [4.78, 5) is 4.65. The van der Waals surface area contributed by atoms with E-state index in [0.717, 1.165) is 83.4 Å². The quantitative estimate of drug-likeness (QED) is 0.162. The maximum absolute atomic E-state index is 6.92. The molecule has 9 aromatic carbocycles. The van der Waals surface area contributed by atoms with E-state index < -0.39 is 0 Å². The standard InChI is InChI=1S/C50H32N2O2/c1-3-15-34(16-4-1)51(35-17-5-2-6-18-35)36-26-29-49-44(31-36)42-23-13-24-45(50(42)54-49)52(37-27-28-48-43(32-37)41-22-11-12-25-47(41)53-48)46-30-33-14-7-8-19-38(33)39-20-9-10-21-40(39)46/h1-32H. The Kier molecular flexibility index (Phi) is 6.82. The van der Waals surface area contributed by atoms with E-state index >= 15 is 0 Å². The topological polar surface area (TPSA) is 32.8 Å². The summed E-state index contributed by atoms with van der Waals surface area (Å²) in [5, 5.41) is 9.03. The van der Waals surface area contributed by atoms with E-state index in [1.165, 1.54) is 16.2 Å². The Bertz CT molecular complexity index is 3140. The molecule has 0 N–H and O–H groups in total. The summed E-state index contributed by atoms with van der Waals surface area (Å²) < 4.78 is 13.2. The lowest BCUT2D eigenvalue weighted by molar-refractivity contribution is 0.669. The van der Waals surface area contributed by atoms with Crippen LogP contribution in [0.25, 0.3) is 65.4 Å². The molecular weight excluding hydrogens is 661 g/mol. The van der Waals surface area contributed by atoms with E-state index in [-0.39, 0.29) is 0 Å². The first-order valence-electron chi connectivity index (χ1n) is 18.3. The Balaban J connectivity index is 1.17. The lowest BCUT2D eigenvalue weighted by atomic mass is 9.98. The van der Waals surface area contributed by atoms with Gasteiger partial charge in [0, 0.05) is 49.7 Å². The monoisotopic (exact) mass is 692 g/mol. The van der Waals surface area contributed by atoms with Crippen molar-refractivity contribution in [1.82, 2.24) is 0 Å². The Morgan fingerprint density at radius 2 is 0.815 bits per heavy atom.